The van der Waals surface area contributed by atoms with Crippen LogP contribution in [0.4, 0.5) is 0 Å². The number of hydrogen-bond acceptors (Lipinski definition) is 3. The van der Waals surface area contributed by atoms with E-state index >= 15 is 0 Å². The van der Waals surface area contributed by atoms with Crippen LogP contribution < -0.4 is 0 Å². The second-order valence-corrected chi connectivity index (χ2v) is 5.96. The molecule has 0 fully saturated rings. The molecule has 2 rings (SSSR count). The number of benzene rings is 2. The average Bonchev–Trinajstić information content (AvgIpc) is 2.47. The Bertz CT molecular complexity index is 690. The van der Waals surface area contributed by atoms with Crippen molar-refractivity contribution in [1.82, 2.24) is 0 Å². The minimum Gasteiger partial charge on any atom is -0.507 e. The van der Waals surface area contributed by atoms with Gasteiger partial charge in [-0.2, -0.15) is 0 Å². The number of aromatic hydroxyl groups is 1. The third kappa shape index (κ3) is 6.51. The van der Waals surface area contributed by atoms with Crippen molar-refractivity contribution in [2.24, 2.45) is 0 Å². The van der Waals surface area contributed by atoms with Crippen molar-refractivity contribution >= 4 is 11.9 Å². The molecule has 0 bridgehead atoms. The number of phenols is 1. The zero-order chi connectivity index (χ0) is 17.6. The van der Waals surface area contributed by atoms with Gasteiger partial charge in [0.1, 0.15) is 11.3 Å². The fourth-order valence-electron chi connectivity index (χ4n) is 1.75. The Hall–Kier alpha value is -2.20. The van der Waals surface area contributed by atoms with E-state index in [0.717, 1.165) is 5.56 Å². The predicted molar refractivity (Wildman–Crippen MR) is 87.2 cm³/mol. The van der Waals surface area contributed by atoms with E-state index in [1.54, 1.807) is 36.4 Å². The minimum atomic E-state index is -1.10. The molecule has 24 heavy (non-hydrogen) atoms. The van der Waals surface area contributed by atoms with Crippen LogP contribution in [0.2, 0.25) is 0 Å². The molecule has 2 aromatic carbocycles. The van der Waals surface area contributed by atoms with Crippen molar-refractivity contribution in [3.63, 3.8) is 0 Å². The molecule has 0 radical (unpaired) electrons. The first-order chi connectivity index (χ1) is 10.6. The fourth-order valence-corrected chi connectivity index (χ4v) is 1.75. The first-order valence-electron chi connectivity index (χ1n) is 6.98. The van der Waals surface area contributed by atoms with Crippen molar-refractivity contribution in [2.45, 2.75) is 26.2 Å². The first-order valence-corrected chi connectivity index (χ1v) is 6.98. The monoisotopic (exact) mass is 380 g/mol. The number of aromatic carboxylic acids is 2. The normalized spacial score (nSPS) is 9.96. The smallest absolute Gasteiger partial charge is 0.339 e. The molecule has 0 aliphatic heterocycles. The van der Waals surface area contributed by atoms with E-state index in [2.05, 4.69) is 0 Å². The maximum absolute atomic E-state index is 10.7. The molecule has 0 amide bonds. The van der Waals surface area contributed by atoms with Gasteiger partial charge in [0.15, 0.2) is 0 Å². The molecule has 6 heteroatoms. The molecular weight excluding hydrogens is 362 g/mol. The Morgan fingerprint density at radius 3 is 1.79 bits per heavy atom. The molecule has 0 unspecified atom stereocenters. The summed E-state index contributed by atoms with van der Waals surface area (Å²) in [5, 5.41) is 26.5. The van der Waals surface area contributed by atoms with Gasteiger partial charge in [0.25, 0.3) is 0 Å². The van der Waals surface area contributed by atoms with Gasteiger partial charge in [0, 0.05) is 19.5 Å². The third-order valence-electron chi connectivity index (χ3n) is 3.11. The number of carbonyl (C=O) groups is 2. The molecule has 0 aliphatic carbocycles. The van der Waals surface area contributed by atoms with Crippen LogP contribution in [0.15, 0.2) is 48.5 Å². The van der Waals surface area contributed by atoms with Gasteiger partial charge in [-0.1, -0.05) is 45.0 Å². The second-order valence-electron chi connectivity index (χ2n) is 5.96. The average molecular weight is 382 g/mol. The minimum absolute atomic E-state index is 0. The molecule has 0 saturated carbocycles. The van der Waals surface area contributed by atoms with E-state index in [1.807, 2.05) is 20.8 Å². The van der Waals surface area contributed by atoms with Crippen LogP contribution in [-0.2, 0) is 24.9 Å². The zero-order valence-corrected chi connectivity index (χ0v) is 17.0. The summed E-state index contributed by atoms with van der Waals surface area (Å²) < 4.78 is 0. The van der Waals surface area contributed by atoms with Gasteiger partial charge in [-0.3, -0.25) is 0 Å². The maximum atomic E-state index is 10.7. The Kier molecular flexibility index (Phi) is 8.34. The van der Waals surface area contributed by atoms with Crippen LogP contribution in [-0.4, -0.2) is 27.3 Å². The first kappa shape index (κ1) is 21.8. The molecule has 0 atom stereocenters. The van der Waals surface area contributed by atoms with Gasteiger partial charge in [-0.05, 0) is 35.2 Å². The number of carboxylic acid groups (broad SMARTS) is 2. The Balaban J connectivity index is 0.000000460. The summed E-state index contributed by atoms with van der Waals surface area (Å²) in [6.45, 7) is 5.97. The van der Waals surface area contributed by atoms with Gasteiger partial charge >= 0.3 is 11.9 Å². The van der Waals surface area contributed by atoms with Gasteiger partial charge in [-0.15, -0.1) is 0 Å². The van der Waals surface area contributed by atoms with Crippen molar-refractivity contribution < 1.29 is 44.4 Å². The summed E-state index contributed by atoms with van der Waals surface area (Å²) in [5.41, 5.74) is 1.07. The van der Waals surface area contributed by atoms with Gasteiger partial charge in [-0.25, -0.2) is 9.59 Å². The van der Waals surface area contributed by atoms with Crippen molar-refractivity contribution in [1.29, 1.82) is 0 Å². The van der Waals surface area contributed by atoms with Crippen LogP contribution in [0.3, 0.4) is 0 Å². The van der Waals surface area contributed by atoms with Gasteiger partial charge in [0.05, 0.1) is 5.56 Å². The van der Waals surface area contributed by atoms with Gasteiger partial charge < -0.3 is 15.3 Å². The van der Waals surface area contributed by atoms with Crippen molar-refractivity contribution in [3.8, 4) is 5.75 Å². The largest absolute Gasteiger partial charge is 0.507 e. The van der Waals surface area contributed by atoms with E-state index in [1.165, 1.54) is 12.1 Å². The number of carboxylic acids is 2. The molecule has 5 nitrogen and oxygen atoms in total. The van der Waals surface area contributed by atoms with Crippen molar-refractivity contribution in [2.75, 3.05) is 0 Å². The fraction of sp³-hybridized carbons (Fsp3) is 0.222. The standard InChI is InChI=1S/C11H14O3.C7H6O2.Zn/c1-11(2,3)7-4-5-9(12)8(6-7)10(13)14;8-7(9)6-4-2-1-3-5-6;/h4-6,12H,1-3H3,(H,13,14);1-5H,(H,8,9);. The van der Waals surface area contributed by atoms with E-state index in [9.17, 15) is 14.7 Å². The summed E-state index contributed by atoms with van der Waals surface area (Å²) in [6, 6.07) is 13.0. The van der Waals surface area contributed by atoms with Crippen LogP contribution in [0.25, 0.3) is 0 Å². The van der Waals surface area contributed by atoms with Crippen LogP contribution in [0.1, 0.15) is 47.1 Å². The van der Waals surface area contributed by atoms with Crippen LogP contribution in [0.5, 0.6) is 5.75 Å². The van der Waals surface area contributed by atoms with E-state index in [-0.39, 0.29) is 36.2 Å². The topological polar surface area (TPSA) is 94.8 Å². The van der Waals surface area contributed by atoms with E-state index in [0.29, 0.717) is 5.56 Å². The number of hydrogen-bond donors (Lipinski definition) is 3. The Morgan fingerprint density at radius 2 is 1.42 bits per heavy atom. The summed E-state index contributed by atoms with van der Waals surface area (Å²) >= 11 is 0. The Morgan fingerprint density at radius 1 is 0.875 bits per heavy atom. The molecule has 0 aromatic heterocycles. The molecule has 124 valence electrons. The molecule has 0 heterocycles. The SMILES string of the molecule is CC(C)(C)c1ccc(O)c(C(=O)O)c1.O=C(O)c1ccccc1.[Zn]. The van der Waals surface area contributed by atoms with Gasteiger partial charge in [0.2, 0.25) is 0 Å². The van der Waals surface area contributed by atoms with Crippen LogP contribution >= 0.6 is 0 Å². The Labute approximate surface area is 153 Å². The predicted octanol–water partition coefficient (Wildman–Crippen LogP) is 3.77. The summed E-state index contributed by atoms with van der Waals surface area (Å²) in [6.07, 6.45) is 0. The molecule has 0 saturated heterocycles. The van der Waals surface area contributed by atoms with E-state index < -0.39 is 11.9 Å². The molecule has 0 aliphatic rings. The number of rotatable bonds is 2. The third-order valence-corrected chi connectivity index (χ3v) is 3.11. The van der Waals surface area contributed by atoms with Crippen molar-refractivity contribution in [3.05, 3.63) is 65.2 Å². The summed E-state index contributed by atoms with van der Waals surface area (Å²) in [5.74, 6) is -2.17. The van der Waals surface area contributed by atoms with Crippen LogP contribution in [0, 0.1) is 0 Å². The molecule has 0 spiro atoms. The van der Waals surface area contributed by atoms with E-state index in [4.69, 9.17) is 10.2 Å². The summed E-state index contributed by atoms with van der Waals surface area (Å²) in [7, 11) is 0. The molecule has 3 N–H and O–H groups in total. The second kappa shape index (κ2) is 9.19. The summed E-state index contributed by atoms with van der Waals surface area (Å²) in [4.78, 5) is 20.9. The maximum Gasteiger partial charge on any atom is 0.339 e. The zero-order valence-electron chi connectivity index (χ0n) is 14.0. The quantitative estimate of drug-likeness (QED) is 0.688. The molecular formula is C18H20O5Zn. The molecule has 2 aromatic rings.